The van der Waals surface area contributed by atoms with Gasteiger partial charge in [0.1, 0.15) is 11.5 Å². The van der Waals surface area contributed by atoms with Crippen LogP contribution >= 0.6 is 11.6 Å². The third-order valence-corrected chi connectivity index (χ3v) is 5.19. The summed E-state index contributed by atoms with van der Waals surface area (Å²) in [7, 11) is 1.45. The van der Waals surface area contributed by atoms with E-state index in [1.165, 1.54) is 18.1 Å². The van der Waals surface area contributed by atoms with Crippen molar-refractivity contribution in [1.82, 2.24) is 9.88 Å². The van der Waals surface area contributed by atoms with Crippen molar-refractivity contribution < 1.29 is 24.2 Å². The molecular formula is C23H25ClN2O5. The maximum absolute atomic E-state index is 13.0. The number of Topliss-reactive ketones (excluding diaryl/α,β-unsaturated/α-hetero) is 1. The average Bonchev–Trinajstić information content (AvgIpc) is 3.01. The molecule has 1 saturated heterocycles. The Labute approximate surface area is 186 Å². The lowest BCUT2D eigenvalue weighted by atomic mass is 9.96. The maximum Gasteiger partial charge on any atom is 0.295 e. The van der Waals surface area contributed by atoms with Gasteiger partial charge < -0.3 is 19.5 Å². The lowest BCUT2D eigenvalue weighted by molar-refractivity contribution is -0.140. The van der Waals surface area contributed by atoms with Gasteiger partial charge in [-0.2, -0.15) is 0 Å². The van der Waals surface area contributed by atoms with Crippen LogP contribution in [0, 0.1) is 0 Å². The average molecular weight is 445 g/mol. The number of hydrogen-bond donors (Lipinski definition) is 1. The van der Waals surface area contributed by atoms with Crippen LogP contribution in [0.15, 0.2) is 48.3 Å². The number of amides is 1. The van der Waals surface area contributed by atoms with Crippen molar-refractivity contribution >= 4 is 29.1 Å². The minimum Gasteiger partial charge on any atom is -0.507 e. The maximum atomic E-state index is 13.0. The molecule has 3 rings (SSSR count). The molecule has 7 nitrogen and oxygen atoms in total. The second kappa shape index (κ2) is 9.94. The molecule has 1 aromatic heterocycles. The van der Waals surface area contributed by atoms with Gasteiger partial charge in [0.25, 0.3) is 11.7 Å². The van der Waals surface area contributed by atoms with Gasteiger partial charge >= 0.3 is 0 Å². The van der Waals surface area contributed by atoms with E-state index < -0.39 is 17.7 Å². The Morgan fingerprint density at radius 1 is 1.29 bits per heavy atom. The molecule has 0 spiro atoms. The lowest BCUT2D eigenvalue weighted by Crippen LogP contribution is -2.31. The van der Waals surface area contributed by atoms with Gasteiger partial charge in [0.15, 0.2) is 0 Å². The van der Waals surface area contributed by atoms with Gasteiger partial charge in [-0.1, -0.05) is 17.7 Å². The van der Waals surface area contributed by atoms with Gasteiger partial charge in [0.2, 0.25) is 0 Å². The number of benzene rings is 1. The Morgan fingerprint density at radius 2 is 2.06 bits per heavy atom. The number of ether oxygens (including phenoxy) is 2. The van der Waals surface area contributed by atoms with Crippen LogP contribution in [-0.2, 0) is 14.3 Å². The molecule has 1 unspecified atom stereocenters. The van der Waals surface area contributed by atoms with Crippen LogP contribution in [0.4, 0.5) is 0 Å². The first-order valence-corrected chi connectivity index (χ1v) is 10.4. The monoisotopic (exact) mass is 444 g/mol. The lowest BCUT2D eigenvalue weighted by Gasteiger charge is -2.25. The van der Waals surface area contributed by atoms with Crippen molar-refractivity contribution in [3.05, 3.63) is 64.4 Å². The highest BCUT2D eigenvalue weighted by Gasteiger charge is 2.46. The van der Waals surface area contributed by atoms with E-state index >= 15 is 0 Å². The number of hydrogen-bond acceptors (Lipinski definition) is 6. The van der Waals surface area contributed by atoms with Crippen molar-refractivity contribution in [2.45, 2.75) is 32.4 Å². The molecule has 8 heteroatoms. The molecule has 2 aromatic rings. The van der Waals surface area contributed by atoms with Gasteiger partial charge in [-0.3, -0.25) is 14.6 Å². The number of nitrogens with zero attached hydrogens (tertiary/aromatic N) is 2. The molecule has 1 aliphatic heterocycles. The first-order valence-electron chi connectivity index (χ1n) is 9.99. The largest absolute Gasteiger partial charge is 0.507 e. The van der Waals surface area contributed by atoms with Crippen molar-refractivity contribution in [3.8, 4) is 5.75 Å². The summed E-state index contributed by atoms with van der Waals surface area (Å²) in [5.41, 5.74) is 0.836. The fraction of sp³-hybridized carbons (Fsp3) is 0.348. The van der Waals surface area contributed by atoms with E-state index in [9.17, 15) is 14.7 Å². The van der Waals surface area contributed by atoms with Gasteiger partial charge in [0.05, 0.1) is 30.4 Å². The van der Waals surface area contributed by atoms with E-state index in [1.807, 2.05) is 13.8 Å². The number of aliphatic hydroxyl groups is 1. The minimum absolute atomic E-state index is 0.0247. The van der Waals surface area contributed by atoms with Crippen LogP contribution in [0.3, 0.4) is 0 Å². The van der Waals surface area contributed by atoms with Crippen LogP contribution < -0.4 is 4.74 Å². The van der Waals surface area contributed by atoms with Crippen LogP contribution in [-0.4, -0.2) is 53.0 Å². The highest BCUT2D eigenvalue weighted by Crippen LogP contribution is 2.41. The molecule has 164 valence electrons. The molecule has 2 heterocycles. The summed E-state index contributed by atoms with van der Waals surface area (Å²) >= 11 is 6.11. The number of aliphatic hydroxyl groups excluding tert-OH is 1. The molecule has 1 atom stereocenters. The fourth-order valence-corrected chi connectivity index (χ4v) is 3.73. The quantitative estimate of drug-likeness (QED) is 0.287. The molecule has 31 heavy (non-hydrogen) atoms. The van der Waals surface area contributed by atoms with Gasteiger partial charge in [-0.25, -0.2) is 0 Å². The van der Waals surface area contributed by atoms with Gasteiger partial charge in [-0.15, -0.1) is 0 Å². The fourth-order valence-electron chi connectivity index (χ4n) is 3.56. The summed E-state index contributed by atoms with van der Waals surface area (Å²) in [5, 5.41) is 11.5. The number of methoxy groups -OCH3 is 1. The Balaban J connectivity index is 2.07. The molecule has 0 bridgehead atoms. The topological polar surface area (TPSA) is 89.0 Å². The van der Waals surface area contributed by atoms with Gasteiger partial charge in [0, 0.05) is 30.6 Å². The van der Waals surface area contributed by atoms with E-state index in [4.69, 9.17) is 21.1 Å². The number of aromatic nitrogens is 1. The van der Waals surface area contributed by atoms with Gasteiger partial charge in [-0.05, 0) is 50.1 Å². The van der Waals surface area contributed by atoms with E-state index in [1.54, 1.807) is 36.7 Å². The van der Waals surface area contributed by atoms with Crippen LogP contribution in [0.25, 0.3) is 5.76 Å². The molecule has 1 aliphatic rings. The molecule has 1 N–H and O–H groups in total. The number of halogens is 1. The number of rotatable bonds is 8. The summed E-state index contributed by atoms with van der Waals surface area (Å²) in [5.74, 6) is -1.45. The predicted octanol–water partition coefficient (Wildman–Crippen LogP) is 3.98. The standard InChI is InChI=1S/C23H25ClN2O5/c1-14(2)31-11-5-10-26-20(15-6-4-9-25-13-15)19(22(28)23(26)29)21(27)17-12-16(24)7-8-18(17)30-3/h4,6-9,12-14,20,27H,5,10-11H2,1-3H3/b21-19+. The van der Waals surface area contributed by atoms with E-state index in [-0.39, 0.29) is 23.0 Å². The summed E-state index contributed by atoms with van der Waals surface area (Å²) in [4.78, 5) is 31.5. The number of carbonyl (C=O) groups is 2. The first kappa shape index (κ1) is 22.8. The smallest absolute Gasteiger partial charge is 0.295 e. The van der Waals surface area contributed by atoms with Crippen LogP contribution in [0.5, 0.6) is 5.75 Å². The number of carbonyl (C=O) groups excluding carboxylic acids is 2. The Kier molecular flexibility index (Phi) is 7.30. The second-order valence-electron chi connectivity index (χ2n) is 7.40. The third kappa shape index (κ3) is 4.89. The zero-order valence-corrected chi connectivity index (χ0v) is 18.4. The number of likely N-dealkylation sites (tertiary alicyclic amines) is 1. The summed E-state index contributed by atoms with van der Waals surface area (Å²) in [6.45, 7) is 4.60. The van der Waals surface area contributed by atoms with E-state index in [0.717, 1.165) is 0 Å². The van der Waals surface area contributed by atoms with Crippen molar-refractivity contribution in [2.24, 2.45) is 0 Å². The Hall–Kier alpha value is -2.90. The molecule has 1 amide bonds. The normalized spacial score (nSPS) is 18.1. The molecule has 1 fully saturated rings. The molecule has 0 aliphatic carbocycles. The van der Waals surface area contributed by atoms with E-state index in [2.05, 4.69) is 4.98 Å². The summed E-state index contributed by atoms with van der Waals surface area (Å²) in [6.07, 6.45) is 3.80. The Bertz CT molecular complexity index is 991. The number of pyridine rings is 1. The highest BCUT2D eigenvalue weighted by molar-refractivity contribution is 6.46. The van der Waals surface area contributed by atoms with Crippen LogP contribution in [0.2, 0.25) is 5.02 Å². The molecule has 1 aromatic carbocycles. The molecular weight excluding hydrogens is 420 g/mol. The van der Waals surface area contributed by atoms with Crippen molar-refractivity contribution in [2.75, 3.05) is 20.3 Å². The molecule has 0 radical (unpaired) electrons. The third-order valence-electron chi connectivity index (χ3n) is 4.95. The van der Waals surface area contributed by atoms with Crippen LogP contribution in [0.1, 0.15) is 37.4 Å². The minimum atomic E-state index is -0.781. The summed E-state index contributed by atoms with van der Waals surface area (Å²) in [6, 6.07) is 7.41. The zero-order chi connectivity index (χ0) is 22.5. The van der Waals surface area contributed by atoms with Crippen molar-refractivity contribution in [3.63, 3.8) is 0 Å². The zero-order valence-electron chi connectivity index (χ0n) is 17.7. The predicted molar refractivity (Wildman–Crippen MR) is 117 cm³/mol. The summed E-state index contributed by atoms with van der Waals surface area (Å²) < 4.78 is 10.9. The SMILES string of the molecule is COc1ccc(Cl)cc1/C(O)=C1\C(=O)C(=O)N(CCCOC(C)C)C1c1cccnc1. The first-order chi connectivity index (χ1) is 14.8. The molecule has 0 saturated carbocycles. The highest BCUT2D eigenvalue weighted by atomic mass is 35.5. The van der Waals surface area contributed by atoms with E-state index in [0.29, 0.717) is 35.9 Å². The Morgan fingerprint density at radius 3 is 2.71 bits per heavy atom. The number of ketones is 1. The second-order valence-corrected chi connectivity index (χ2v) is 7.83. The van der Waals surface area contributed by atoms with Crippen molar-refractivity contribution in [1.29, 1.82) is 0 Å².